The van der Waals surface area contributed by atoms with Crippen LogP contribution in [0.1, 0.15) is 0 Å². The van der Waals surface area contributed by atoms with E-state index in [1.165, 1.54) is 21.7 Å². The Morgan fingerprint density at radius 1 is 0.302 bits per heavy atom. The second-order valence-corrected chi connectivity index (χ2v) is 13.6. The van der Waals surface area contributed by atoms with Crippen molar-refractivity contribution >= 4 is 65.0 Å². The van der Waals surface area contributed by atoms with E-state index in [4.69, 9.17) is 19.4 Å². The third-order valence-corrected chi connectivity index (χ3v) is 10.5. The molecule has 11 aromatic rings. The molecule has 246 valence electrons. The minimum absolute atomic E-state index is 0.598. The molecule has 2 aromatic heterocycles. The summed E-state index contributed by atoms with van der Waals surface area (Å²) in [6.07, 6.45) is 0. The van der Waals surface area contributed by atoms with Crippen LogP contribution in [0, 0.1) is 0 Å². The highest BCUT2D eigenvalue weighted by atomic mass is 16.3. The molecule has 4 heteroatoms. The van der Waals surface area contributed by atoms with Gasteiger partial charge >= 0.3 is 0 Å². The molecule has 0 atom stereocenters. The van der Waals surface area contributed by atoms with Crippen molar-refractivity contribution in [1.29, 1.82) is 0 Å². The summed E-state index contributed by atoms with van der Waals surface area (Å²) in [5.41, 5.74) is 6.75. The Labute approximate surface area is 304 Å². The first-order valence-electron chi connectivity index (χ1n) is 17.9. The minimum Gasteiger partial charge on any atom is -0.456 e. The van der Waals surface area contributed by atoms with Crippen molar-refractivity contribution in [3.63, 3.8) is 0 Å². The summed E-state index contributed by atoms with van der Waals surface area (Å²) in [5.74, 6) is 1.84. The van der Waals surface area contributed by atoms with Crippen LogP contribution in [0.3, 0.4) is 0 Å². The maximum atomic E-state index is 6.76. The van der Waals surface area contributed by atoms with Gasteiger partial charge < -0.3 is 4.42 Å². The summed E-state index contributed by atoms with van der Waals surface area (Å²) in [7, 11) is 0. The van der Waals surface area contributed by atoms with Crippen molar-refractivity contribution in [2.45, 2.75) is 0 Å². The van der Waals surface area contributed by atoms with Crippen molar-refractivity contribution in [3.05, 3.63) is 176 Å². The number of hydrogen-bond donors (Lipinski definition) is 0. The molecule has 4 nitrogen and oxygen atoms in total. The highest BCUT2D eigenvalue weighted by molar-refractivity contribution is 6.29. The minimum atomic E-state index is 0.598. The van der Waals surface area contributed by atoms with Crippen molar-refractivity contribution in [3.8, 4) is 45.3 Å². The molecule has 0 unspecified atom stereocenters. The lowest BCUT2D eigenvalue weighted by molar-refractivity contribution is 0.669. The van der Waals surface area contributed by atoms with Crippen molar-refractivity contribution in [2.24, 2.45) is 0 Å². The summed E-state index contributed by atoms with van der Waals surface area (Å²) in [6, 6.07) is 61.6. The molecule has 0 spiro atoms. The van der Waals surface area contributed by atoms with Gasteiger partial charge in [0.15, 0.2) is 17.5 Å². The van der Waals surface area contributed by atoms with E-state index in [1.54, 1.807) is 0 Å². The second kappa shape index (κ2) is 11.7. The summed E-state index contributed by atoms with van der Waals surface area (Å²) in [6.45, 7) is 0. The number of benzene rings is 9. The number of hydrogen-bond acceptors (Lipinski definition) is 4. The number of aromatic nitrogens is 3. The van der Waals surface area contributed by atoms with Crippen LogP contribution in [0.4, 0.5) is 0 Å². The highest BCUT2D eigenvalue weighted by Gasteiger charge is 2.21. The fraction of sp³-hybridized carbons (Fsp3) is 0. The standard InChI is InChI=1S/C49H29N3O/c1-2-14-33(15-3-1)47-50-48(36-22-21-30-11-4-5-16-34(30)27-36)52-49(51-47)41-29-44-46(45-39-19-9-7-13-32(39)23-25-40(41)45)42-28-35(24-26-43(42)53-44)38-20-10-17-31-12-6-8-18-37(31)38/h1-29H. The van der Waals surface area contributed by atoms with Gasteiger partial charge in [-0.15, -0.1) is 0 Å². The van der Waals surface area contributed by atoms with Crippen molar-refractivity contribution in [1.82, 2.24) is 15.0 Å². The van der Waals surface area contributed by atoms with E-state index >= 15 is 0 Å². The monoisotopic (exact) mass is 675 g/mol. The second-order valence-electron chi connectivity index (χ2n) is 13.6. The predicted molar refractivity (Wildman–Crippen MR) is 219 cm³/mol. The molecule has 0 bridgehead atoms. The molecule has 9 aromatic carbocycles. The van der Waals surface area contributed by atoms with E-state index in [-0.39, 0.29) is 0 Å². The van der Waals surface area contributed by atoms with E-state index in [1.807, 2.05) is 30.3 Å². The van der Waals surface area contributed by atoms with Gasteiger partial charge in [0.2, 0.25) is 0 Å². The summed E-state index contributed by atoms with van der Waals surface area (Å²) in [4.78, 5) is 15.4. The fourth-order valence-corrected chi connectivity index (χ4v) is 7.95. The molecule has 0 N–H and O–H groups in total. The van der Waals surface area contributed by atoms with Crippen LogP contribution in [0.25, 0.3) is 110 Å². The first-order valence-corrected chi connectivity index (χ1v) is 17.9. The van der Waals surface area contributed by atoms with Gasteiger partial charge in [-0.25, -0.2) is 15.0 Å². The zero-order valence-electron chi connectivity index (χ0n) is 28.5. The lowest BCUT2D eigenvalue weighted by atomic mass is 9.92. The molecule has 0 saturated carbocycles. The van der Waals surface area contributed by atoms with Gasteiger partial charge in [0.05, 0.1) is 0 Å². The molecule has 0 aliphatic heterocycles. The van der Waals surface area contributed by atoms with E-state index < -0.39 is 0 Å². The highest BCUT2D eigenvalue weighted by Crippen LogP contribution is 2.44. The average Bonchev–Trinajstić information content (AvgIpc) is 3.60. The molecule has 0 fully saturated rings. The molecule has 0 aliphatic rings. The molecular weight excluding hydrogens is 647 g/mol. The van der Waals surface area contributed by atoms with Crippen LogP contribution in [0.15, 0.2) is 180 Å². The Kier molecular flexibility index (Phi) is 6.52. The Balaban J connectivity index is 1.21. The quantitative estimate of drug-likeness (QED) is 0.174. The lowest BCUT2D eigenvalue weighted by Crippen LogP contribution is -2.00. The smallest absolute Gasteiger partial charge is 0.164 e. The Morgan fingerprint density at radius 3 is 1.79 bits per heavy atom. The van der Waals surface area contributed by atoms with E-state index in [9.17, 15) is 0 Å². The predicted octanol–water partition coefficient (Wildman–Crippen LogP) is 13.1. The van der Waals surface area contributed by atoms with Crippen LogP contribution in [0.2, 0.25) is 0 Å². The zero-order valence-corrected chi connectivity index (χ0v) is 28.5. The number of nitrogens with zero attached hydrogens (tertiary/aromatic N) is 3. The third-order valence-electron chi connectivity index (χ3n) is 10.5. The van der Waals surface area contributed by atoms with E-state index in [2.05, 4.69) is 146 Å². The SMILES string of the molecule is c1ccc(-c2nc(-c3ccc4ccccc4c3)nc(-c3cc4oc5ccc(-c6cccc7ccccc67)cc5c4c4c3ccc3ccccc34)n2)cc1. The topological polar surface area (TPSA) is 51.8 Å². The van der Waals surface area contributed by atoms with E-state index in [0.717, 1.165) is 71.1 Å². The maximum absolute atomic E-state index is 6.76. The maximum Gasteiger partial charge on any atom is 0.164 e. The van der Waals surface area contributed by atoms with Gasteiger partial charge in [0.25, 0.3) is 0 Å². The largest absolute Gasteiger partial charge is 0.456 e. The molecule has 11 rings (SSSR count). The Morgan fingerprint density at radius 2 is 0.943 bits per heavy atom. The molecule has 0 saturated heterocycles. The Hall–Kier alpha value is -7.17. The first kappa shape index (κ1) is 29.5. The van der Waals surface area contributed by atoms with Crippen LogP contribution in [-0.4, -0.2) is 15.0 Å². The summed E-state index contributed by atoms with van der Waals surface area (Å²) >= 11 is 0. The summed E-state index contributed by atoms with van der Waals surface area (Å²) in [5, 5.41) is 11.4. The first-order chi connectivity index (χ1) is 26.2. The fourth-order valence-electron chi connectivity index (χ4n) is 7.95. The molecule has 53 heavy (non-hydrogen) atoms. The molecular formula is C49H29N3O. The van der Waals surface area contributed by atoms with Gasteiger partial charge in [-0.3, -0.25) is 0 Å². The number of furan rings is 1. The molecule has 0 amide bonds. The van der Waals surface area contributed by atoms with Crippen LogP contribution in [-0.2, 0) is 0 Å². The number of fused-ring (bicyclic) bond motifs is 9. The van der Waals surface area contributed by atoms with Crippen molar-refractivity contribution in [2.75, 3.05) is 0 Å². The average molecular weight is 676 g/mol. The van der Waals surface area contributed by atoms with Gasteiger partial charge in [-0.05, 0) is 73.1 Å². The van der Waals surface area contributed by atoms with Crippen LogP contribution < -0.4 is 0 Å². The van der Waals surface area contributed by atoms with E-state index in [0.29, 0.717) is 17.5 Å². The van der Waals surface area contributed by atoms with Gasteiger partial charge in [-0.2, -0.15) is 0 Å². The Bertz CT molecular complexity index is 3230. The van der Waals surface area contributed by atoms with Gasteiger partial charge in [-0.1, -0.05) is 152 Å². The van der Waals surface area contributed by atoms with Crippen LogP contribution >= 0.6 is 0 Å². The lowest BCUT2D eigenvalue weighted by Gasteiger charge is -2.13. The van der Waals surface area contributed by atoms with Gasteiger partial charge in [0, 0.05) is 32.8 Å². The van der Waals surface area contributed by atoms with Crippen LogP contribution in [0.5, 0.6) is 0 Å². The van der Waals surface area contributed by atoms with Crippen molar-refractivity contribution < 1.29 is 4.42 Å². The summed E-state index contributed by atoms with van der Waals surface area (Å²) < 4.78 is 6.76. The molecule has 0 radical (unpaired) electrons. The third kappa shape index (κ3) is 4.80. The normalized spacial score (nSPS) is 11.8. The molecule has 2 heterocycles. The zero-order chi connectivity index (χ0) is 34.9. The molecule has 0 aliphatic carbocycles. The van der Waals surface area contributed by atoms with Gasteiger partial charge in [0.1, 0.15) is 11.2 Å². The number of rotatable bonds is 4.